The van der Waals surface area contributed by atoms with Crippen LogP contribution in [0.3, 0.4) is 0 Å². The molecular weight excluding hydrogens is 354 g/mol. The Balaban J connectivity index is 1.19. The van der Waals surface area contributed by atoms with E-state index in [1.54, 1.807) is 6.20 Å². The molecule has 2 fully saturated rings. The maximum Gasteiger partial charge on any atom is 0.219 e. The van der Waals surface area contributed by atoms with Crippen LogP contribution in [0, 0.1) is 5.92 Å². The van der Waals surface area contributed by atoms with Crippen LogP contribution in [0.1, 0.15) is 45.4 Å². The summed E-state index contributed by atoms with van der Waals surface area (Å²) in [5, 5.41) is 8.41. The fraction of sp³-hybridized carbons (Fsp3) is 0.667. The summed E-state index contributed by atoms with van der Waals surface area (Å²) in [7, 11) is 0. The summed E-state index contributed by atoms with van der Waals surface area (Å²) < 4.78 is 5.42. The molecule has 1 N–H and O–H groups in total. The van der Waals surface area contributed by atoms with Crippen molar-refractivity contribution in [3.8, 4) is 0 Å². The molecule has 7 heteroatoms. The maximum absolute atomic E-state index is 11.5. The van der Waals surface area contributed by atoms with Gasteiger partial charge in [0.25, 0.3) is 0 Å². The minimum atomic E-state index is 0.192. The molecule has 3 heterocycles. The summed E-state index contributed by atoms with van der Waals surface area (Å²) in [6.07, 6.45) is 10.2. The summed E-state index contributed by atoms with van der Waals surface area (Å²) in [4.78, 5) is 20.6. The van der Waals surface area contributed by atoms with E-state index < -0.39 is 0 Å². The van der Waals surface area contributed by atoms with Crippen molar-refractivity contribution in [2.45, 2.75) is 51.5 Å². The molecule has 1 amide bonds. The average molecular weight is 386 g/mol. The van der Waals surface area contributed by atoms with Crippen molar-refractivity contribution < 1.29 is 9.32 Å². The third-order valence-electron chi connectivity index (χ3n) is 6.31. The highest BCUT2D eigenvalue weighted by Gasteiger charge is 2.25. The van der Waals surface area contributed by atoms with Gasteiger partial charge in [0.1, 0.15) is 0 Å². The Morgan fingerprint density at radius 2 is 2.00 bits per heavy atom. The lowest BCUT2D eigenvalue weighted by Gasteiger charge is -2.36. The number of anilines is 1. The zero-order valence-electron chi connectivity index (χ0n) is 16.8. The van der Waals surface area contributed by atoms with Gasteiger partial charge in [-0.3, -0.25) is 14.7 Å². The second-order valence-electron chi connectivity index (χ2n) is 8.13. The second-order valence-corrected chi connectivity index (χ2v) is 8.13. The van der Waals surface area contributed by atoms with Crippen LogP contribution in [-0.2, 0) is 4.79 Å². The third kappa shape index (κ3) is 4.46. The van der Waals surface area contributed by atoms with E-state index in [0.717, 1.165) is 61.7 Å². The molecular formula is C21H31N5O2. The molecule has 0 radical (unpaired) electrons. The van der Waals surface area contributed by atoms with Crippen molar-refractivity contribution >= 4 is 22.7 Å². The first-order valence-electron chi connectivity index (χ1n) is 10.7. The number of pyridine rings is 1. The van der Waals surface area contributed by atoms with E-state index in [-0.39, 0.29) is 5.91 Å². The SMILES string of the molecule is CCC(=O)N[C@H]1CC[C@H](CCN2CCN(c3noc4ccncc34)CC2)CC1. The molecule has 2 aromatic rings. The fourth-order valence-corrected chi connectivity index (χ4v) is 4.47. The standard InChI is InChI=1S/C21H31N5O2/c1-2-20(27)23-17-5-3-16(4-6-17)8-10-25-11-13-26(14-12-25)21-18-15-22-9-7-19(18)28-24-21/h7,9,15-17H,2-6,8,10-14H2,1H3,(H,23,27)/t16-,17-. The van der Waals surface area contributed by atoms with Gasteiger partial charge >= 0.3 is 0 Å². The first kappa shape index (κ1) is 19.2. The molecule has 0 bridgehead atoms. The Kier molecular flexibility index (Phi) is 6.10. The number of hydrogen-bond donors (Lipinski definition) is 1. The Hall–Kier alpha value is -2.15. The highest BCUT2D eigenvalue weighted by Crippen LogP contribution is 2.28. The Bertz CT molecular complexity index is 776. The molecule has 152 valence electrons. The number of piperazine rings is 1. The zero-order chi connectivity index (χ0) is 19.3. The molecule has 2 aromatic heterocycles. The lowest BCUT2D eigenvalue weighted by Crippen LogP contribution is -2.47. The lowest BCUT2D eigenvalue weighted by molar-refractivity contribution is -0.121. The Morgan fingerprint density at radius 1 is 1.21 bits per heavy atom. The number of rotatable bonds is 6. The molecule has 0 aromatic carbocycles. The van der Waals surface area contributed by atoms with Gasteiger partial charge in [0.05, 0.1) is 5.39 Å². The van der Waals surface area contributed by atoms with E-state index in [1.165, 1.54) is 25.8 Å². The molecule has 28 heavy (non-hydrogen) atoms. The monoisotopic (exact) mass is 385 g/mol. The normalized spacial score (nSPS) is 23.8. The molecule has 2 aliphatic rings. The molecule has 0 unspecified atom stereocenters. The minimum absolute atomic E-state index is 0.192. The number of aromatic nitrogens is 2. The lowest BCUT2D eigenvalue weighted by atomic mass is 9.84. The van der Waals surface area contributed by atoms with Crippen LogP contribution in [0.25, 0.3) is 11.0 Å². The Morgan fingerprint density at radius 3 is 2.75 bits per heavy atom. The number of amides is 1. The molecule has 1 aliphatic carbocycles. The van der Waals surface area contributed by atoms with Crippen LogP contribution >= 0.6 is 0 Å². The highest BCUT2D eigenvalue weighted by molar-refractivity contribution is 5.87. The van der Waals surface area contributed by atoms with E-state index in [0.29, 0.717) is 12.5 Å². The van der Waals surface area contributed by atoms with Gasteiger partial charge in [0.2, 0.25) is 5.91 Å². The molecule has 4 rings (SSSR count). The van der Waals surface area contributed by atoms with Crippen LogP contribution in [0.15, 0.2) is 23.0 Å². The largest absolute Gasteiger partial charge is 0.354 e. The fourth-order valence-electron chi connectivity index (χ4n) is 4.47. The first-order valence-corrected chi connectivity index (χ1v) is 10.7. The summed E-state index contributed by atoms with van der Waals surface area (Å²) in [6, 6.07) is 2.27. The van der Waals surface area contributed by atoms with Gasteiger partial charge in [-0.15, -0.1) is 0 Å². The van der Waals surface area contributed by atoms with Crippen molar-refractivity contribution in [2.24, 2.45) is 5.92 Å². The number of fused-ring (bicyclic) bond motifs is 1. The summed E-state index contributed by atoms with van der Waals surface area (Å²) in [6.45, 7) is 7.18. The van der Waals surface area contributed by atoms with Crippen molar-refractivity contribution in [2.75, 3.05) is 37.6 Å². The van der Waals surface area contributed by atoms with Crippen molar-refractivity contribution in [1.82, 2.24) is 20.4 Å². The quantitative estimate of drug-likeness (QED) is 0.824. The van der Waals surface area contributed by atoms with E-state index in [2.05, 4.69) is 25.3 Å². The maximum atomic E-state index is 11.5. The summed E-state index contributed by atoms with van der Waals surface area (Å²) in [5.41, 5.74) is 0.804. The van der Waals surface area contributed by atoms with E-state index in [9.17, 15) is 4.79 Å². The van der Waals surface area contributed by atoms with Crippen LogP contribution in [0.2, 0.25) is 0 Å². The number of carbonyl (C=O) groups excluding carboxylic acids is 1. The average Bonchev–Trinajstić information content (AvgIpc) is 3.18. The van der Waals surface area contributed by atoms with Crippen molar-refractivity contribution in [3.05, 3.63) is 18.5 Å². The smallest absolute Gasteiger partial charge is 0.219 e. The second kappa shape index (κ2) is 8.90. The number of nitrogens with zero attached hydrogens (tertiary/aromatic N) is 4. The molecule has 7 nitrogen and oxygen atoms in total. The van der Waals surface area contributed by atoms with Gasteiger partial charge in [-0.1, -0.05) is 12.1 Å². The first-order chi connectivity index (χ1) is 13.7. The predicted octanol–water partition coefficient (Wildman–Crippen LogP) is 2.82. The van der Waals surface area contributed by atoms with Crippen molar-refractivity contribution in [3.63, 3.8) is 0 Å². The van der Waals surface area contributed by atoms with Gasteiger partial charge in [-0.25, -0.2) is 0 Å². The topological polar surface area (TPSA) is 74.5 Å². The third-order valence-corrected chi connectivity index (χ3v) is 6.31. The van der Waals surface area contributed by atoms with E-state index in [4.69, 9.17) is 4.52 Å². The van der Waals surface area contributed by atoms with Crippen LogP contribution in [-0.4, -0.2) is 59.7 Å². The van der Waals surface area contributed by atoms with E-state index >= 15 is 0 Å². The molecule has 1 saturated carbocycles. The van der Waals surface area contributed by atoms with Crippen LogP contribution in [0.5, 0.6) is 0 Å². The van der Waals surface area contributed by atoms with Gasteiger partial charge in [-0.05, 0) is 44.6 Å². The van der Waals surface area contributed by atoms with Crippen molar-refractivity contribution in [1.29, 1.82) is 0 Å². The number of hydrogen-bond acceptors (Lipinski definition) is 6. The number of nitrogens with one attached hydrogen (secondary N) is 1. The summed E-state index contributed by atoms with van der Waals surface area (Å²) >= 11 is 0. The van der Waals surface area contributed by atoms with Crippen LogP contribution < -0.4 is 10.2 Å². The number of carbonyl (C=O) groups is 1. The van der Waals surface area contributed by atoms with Crippen LogP contribution in [0.4, 0.5) is 5.82 Å². The molecule has 1 saturated heterocycles. The van der Waals surface area contributed by atoms with E-state index in [1.807, 2.05) is 19.2 Å². The highest BCUT2D eigenvalue weighted by atomic mass is 16.5. The zero-order valence-corrected chi connectivity index (χ0v) is 16.8. The van der Waals surface area contributed by atoms with Gasteiger partial charge in [0, 0.05) is 57.1 Å². The van der Waals surface area contributed by atoms with Gasteiger partial charge < -0.3 is 14.7 Å². The van der Waals surface area contributed by atoms with Gasteiger partial charge in [-0.2, -0.15) is 0 Å². The summed E-state index contributed by atoms with van der Waals surface area (Å²) in [5.74, 6) is 1.92. The Labute approximate surface area is 166 Å². The predicted molar refractivity (Wildman–Crippen MR) is 109 cm³/mol. The molecule has 0 spiro atoms. The minimum Gasteiger partial charge on any atom is -0.354 e. The molecule has 0 atom stereocenters. The molecule has 1 aliphatic heterocycles. The van der Waals surface area contributed by atoms with Gasteiger partial charge in [0.15, 0.2) is 11.4 Å².